The molecule has 2 aromatic carbocycles. The minimum absolute atomic E-state index is 0.0345. The van der Waals surface area contributed by atoms with E-state index in [2.05, 4.69) is 10.4 Å². The first-order valence-corrected chi connectivity index (χ1v) is 10.5. The molecular weight excluding hydrogens is 451 g/mol. The largest absolute Gasteiger partial charge is 0.436 e. The number of amides is 2. The Morgan fingerprint density at radius 2 is 2.03 bits per heavy atom. The Kier molecular flexibility index (Phi) is 4.99. The van der Waals surface area contributed by atoms with Crippen LogP contribution in [0.4, 0.5) is 29.5 Å². The highest BCUT2D eigenvalue weighted by molar-refractivity contribution is 5.89. The molecule has 176 valence electrons. The van der Waals surface area contributed by atoms with E-state index in [0.29, 0.717) is 11.3 Å². The zero-order chi connectivity index (χ0) is 24.2. The van der Waals surface area contributed by atoms with Crippen molar-refractivity contribution in [2.45, 2.75) is 25.5 Å². The lowest BCUT2D eigenvalue weighted by molar-refractivity contribution is -0.132. The second kappa shape index (κ2) is 7.79. The molecule has 2 amide bonds. The van der Waals surface area contributed by atoms with E-state index in [1.807, 2.05) is 0 Å². The molecule has 3 heterocycles. The number of aryl methyl sites for hydroxylation is 1. The number of ether oxygens (including phenoxy) is 1. The van der Waals surface area contributed by atoms with Crippen LogP contribution in [0, 0.1) is 24.4 Å². The maximum atomic E-state index is 15.0. The van der Waals surface area contributed by atoms with E-state index in [-0.39, 0.29) is 54.6 Å². The van der Waals surface area contributed by atoms with Crippen molar-refractivity contribution < 1.29 is 27.5 Å². The predicted octanol–water partition coefficient (Wildman–Crippen LogP) is 3.55. The molecule has 0 aliphatic carbocycles. The van der Waals surface area contributed by atoms with Gasteiger partial charge in [0.05, 0.1) is 23.5 Å². The third-order valence-electron chi connectivity index (χ3n) is 6.20. The first-order valence-electron chi connectivity index (χ1n) is 10.5. The SMILES string of the molecule is Cc1ccc2c(c1F)[C@@]1(CCN(C(=O)Cn3nc(-c4ccc(F)cc4F)cc3N)C1)OC(=O)N2. The number of aromatic nitrogens is 2. The van der Waals surface area contributed by atoms with Crippen molar-refractivity contribution in [3.63, 3.8) is 0 Å². The van der Waals surface area contributed by atoms with Crippen LogP contribution < -0.4 is 11.1 Å². The number of likely N-dealkylation sites (tertiary alicyclic amines) is 1. The number of halogens is 3. The quantitative estimate of drug-likeness (QED) is 0.608. The van der Waals surface area contributed by atoms with E-state index in [0.717, 1.165) is 12.1 Å². The van der Waals surface area contributed by atoms with Gasteiger partial charge in [-0.25, -0.2) is 22.6 Å². The number of benzene rings is 2. The number of nitrogen functional groups attached to an aromatic ring is 1. The fraction of sp³-hybridized carbons (Fsp3) is 0.261. The summed E-state index contributed by atoms with van der Waals surface area (Å²) in [6, 6.07) is 7.63. The van der Waals surface area contributed by atoms with Crippen molar-refractivity contribution in [2.24, 2.45) is 0 Å². The molecule has 0 saturated carbocycles. The molecule has 1 atom stereocenters. The highest BCUT2D eigenvalue weighted by atomic mass is 19.1. The van der Waals surface area contributed by atoms with Gasteiger partial charge in [-0.15, -0.1) is 0 Å². The number of hydrogen-bond donors (Lipinski definition) is 2. The molecule has 0 unspecified atom stereocenters. The van der Waals surface area contributed by atoms with Crippen molar-refractivity contribution >= 4 is 23.5 Å². The maximum Gasteiger partial charge on any atom is 0.412 e. The van der Waals surface area contributed by atoms with Crippen molar-refractivity contribution in [3.05, 3.63) is 65.0 Å². The van der Waals surface area contributed by atoms with Crippen molar-refractivity contribution in [1.82, 2.24) is 14.7 Å². The highest BCUT2D eigenvalue weighted by Crippen LogP contribution is 2.44. The lowest BCUT2D eigenvalue weighted by Crippen LogP contribution is -2.44. The number of nitrogens with zero attached hydrogens (tertiary/aromatic N) is 3. The predicted molar refractivity (Wildman–Crippen MR) is 116 cm³/mol. The highest BCUT2D eigenvalue weighted by Gasteiger charge is 2.50. The fourth-order valence-corrected chi connectivity index (χ4v) is 4.49. The van der Waals surface area contributed by atoms with Crippen LogP contribution in [0.1, 0.15) is 17.5 Å². The molecule has 34 heavy (non-hydrogen) atoms. The van der Waals surface area contributed by atoms with E-state index >= 15 is 4.39 Å². The molecule has 1 spiro atoms. The van der Waals surface area contributed by atoms with Crippen molar-refractivity contribution in [2.75, 3.05) is 24.1 Å². The van der Waals surface area contributed by atoms with Crippen LogP contribution in [0.5, 0.6) is 0 Å². The third kappa shape index (κ3) is 3.53. The van der Waals surface area contributed by atoms with Gasteiger partial charge in [-0.3, -0.25) is 10.1 Å². The Labute approximate surface area is 192 Å². The average molecular weight is 471 g/mol. The van der Waals surface area contributed by atoms with Gasteiger partial charge in [-0.2, -0.15) is 5.10 Å². The monoisotopic (exact) mass is 471 g/mol. The van der Waals surface area contributed by atoms with Gasteiger partial charge in [-0.1, -0.05) is 6.07 Å². The van der Waals surface area contributed by atoms with Gasteiger partial charge in [0.15, 0.2) is 5.60 Å². The van der Waals surface area contributed by atoms with E-state index in [1.165, 1.54) is 21.7 Å². The molecule has 1 aromatic heterocycles. The van der Waals surface area contributed by atoms with E-state index < -0.39 is 29.1 Å². The van der Waals surface area contributed by atoms with Crippen LogP contribution in [-0.2, 0) is 21.7 Å². The van der Waals surface area contributed by atoms with Gasteiger partial charge in [0.25, 0.3) is 0 Å². The Morgan fingerprint density at radius 1 is 1.24 bits per heavy atom. The minimum atomic E-state index is -1.30. The number of hydrogen-bond acceptors (Lipinski definition) is 5. The van der Waals surface area contributed by atoms with E-state index in [1.54, 1.807) is 19.1 Å². The lowest BCUT2D eigenvalue weighted by atomic mass is 9.88. The van der Waals surface area contributed by atoms with Gasteiger partial charge >= 0.3 is 6.09 Å². The zero-order valence-corrected chi connectivity index (χ0v) is 18.1. The molecule has 2 aliphatic rings. The Balaban J connectivity index is 1.38. The standard InChI is InChI=1S/C23H20F3N5O3/c1-12-2-5-16-20(21(12)26)23(34-22(33)28-16)6-7-30(11-23)19(32)10-31-18(27)9-17(29-31)14-4-3-13(24)8-15(14)25/h2-5,8-9H,6-7,10-11,27H2,1H3,(H,28,33)/t23-/m0/s1. The average Bonchev–Trinajstić information content (AvgIpc) is 3.34. The number of anilines is 2. The van der Waals surface area contributed by atoms with Gasteiger partial charge in [0.2, 0.25) is 5.91 Å². The summed E-state index contributed by atoms with van der Waals surface area (Å²) >= 11 is 0. The Hall–Kier alpha value is -4.02. The Morgan fingerprint density at radius 3 is 2.79 bits per heavy atom. The van der Waals surface area contributed by atoms with Crippen LogP contribution in [0.3, 0.4) is 0 Å². The minimum Gasteiger partial charge on any atom is -0.436 e. The number of nitrogens with one attached hydrogen (secondary N) is 1. The molecule has 3 N–H and O–H groups in total. The molecule has 8 nitrogen and oxygen atoms in total. The maximum absolute atomic E-state index is 15.0. The summed E-state index contributed by atoms with van der Waals surface area (Å²) in [7, 11) is 0. The van der Waals surface area contributed by atoms with Crippen LogP contribution in [-0.4, -0.2) is 39.8 Å². The number of nitrogens with two attached hydrogens (primary N) is 1. The van der Waals surface area contributed by atoms with Gasteiger partial charge < -0.3 is 15.4 Å². The normalized spacial score (nSPS) is 19.2. The van der Waals surface area contributed by atoms with Crippen LogP contribution >= 0.6 is 0 Å². The summed E-state index contributed by atoms with van der Waals surface area (Å²) in [5.41, 5.74) is 5.79. The van der Waals surface area contributed by atoms with Gasteiger partial charge in [-0.05, 0) is 30.7 Å². The topological polar surface area (TPSA) is 102 Å². The first kappa shape index (κ1) is 21.8. The van der Waals surface area contributed by atoms with Crippen molar-refractivity contribution in [1.29, 1.82) is 0 Å². The molecule has 0 radical (unpaired) electrons. The van der Waals surface area contributed by atoms with Gasteiger partial charge in [0.1, 0.15) is 29.8 Å². The van der Waals surface area contributed by atoms with E-state index in [4.69, 9.17) is 10.5 Å². The molecule has 3 aromatic rings. The van der Waals surface area contributed by atoms with E-state index in [9.17, 15) is 18.4 Å². The zero-order valence-electron chi connectivity index (χ0n) is 18.1. The van der Waals surface area contributed by atoms with Crippen LogP contribution in [0.2, 0.25) is 0 Å². The van der Waals surface area contributed by atoms with Crippen molar-refractivity contribution in [3.8, 4) is 11.3 Å². The Bertz CT molecular complexity index is 1340. The summed E-state index contributed by atoms with van der Waals surface area (Å²) in [5.74, 6) is -2.29. The first-order chi connectivity index (χ1) is 16.2. The summed E-state index contributed by atoms with van der Waals surface area (Å²) in [6.07, 6.45) is -0.493. The second-order valence-corrected chi connectivity index (χ2v) is 8.43. The smallest absolute Gasteiger partial charge is 0.412 e. The summed E-state index contributed by atoms with van der Waals surface area (Å²) in [4.78, 5) is 26.6. The fourth-order valence-electron chi connectivity index (χ4n) is 4.49. The summed E-state index contributed by atoms with van der Waals surface area (Å²) in [5, 5.41) is 6.69. The van der Waals surface area contributed by atoms with Gasteiger partial charge in [0, 0.05) is 30.7 Å². The molecule has 0 bridgehead atoms. The summed E-state index contributed by atoms with van der Waals surface area (Å²) < 4.78 is 49.1. The second-order valence-electron chi connectivity index (χ2n) is 8.43. The molecular formula is C23H20F3N5O3. The molecule has 1 saturated heterocycles. The number of carbonyl (C=O) groups is 2. The van der Waals surface area contributed by atoms with Crippen LogP contribution in [0.15, 0.2) is 36.4 Å². The molecule has 5 rings (SSSR count). The summed E-state index contributed by atoms with van der Waals surface area (Å²) in [6.45, 7) is 1.53. The molecule has 1 fully saturated rings. The number of carbonyl (C=O) groups excluding carboxylic acids is 2. The third-order valence-corrected chi connectivity index (χ3v) is 6.20. The molecule has 2 aliphatic heterocycles. The van der Waals surface area contributed by atoms with Crippen LogP contribution in [0.25, 0.3) is 11.3 Å². The number of rotatable bonds is 3. The lowest BCUT2D eigenvalue weighted by Gasteiger charge is -2.35. The number of fused-ring (bicyclic) bond motifs is 2. The molecule has 11 heteroatoms.